The standard InChI is InChI=1S/C15H8F2N4/c16-10-7-9-4-5-12(18-14(9)11(17)8-10)15-20-19-13-3-1-2-6-21(13)15/h1-8H. The van der Waals surface area contributed by atoms with Crippen molar-refractivity contribution >= 4 is 16.6 Å². The first-order valence-corrected chi connectivity index (χ1v) is 6.28. The summed E-state index contributed by atoms with van der Waals surface area (Å²) in [6.45, 7) is 0. The molecule has 0 fully saturated rings. The van der Waals surface area contributed by atoms with E-state index in [1.165, 1.54) is 6.07 Å². The Morgan fingerprint density at radius 2 is 1.86 bits per heavy atom. The maximum absolute atomic E-state index is 13.8. The molecule has 0 spiro atoms. The van der Waals surface area contributed by atoms with E-state index >= 15 is 0 Å². The molecule has 0 saturated heterocycles. The van der Waals surface area contributed by atoms with Gasteiger partial charge in [-0.25, -0.2) is 13.8 Å². The molecule has 0 aliphatic heterocycles. The smallest absolute Gasteiger partial charge is 0.187 e. The summed E-state index contributed by atoms with van der Waals surface area (Å²) in [5, 5.41) is 8.51. The van der Waals surface area contributed by atoms with Gasteiger partial charge in [0.2, 0.25) is 0 Å². The Labute approximate surface area is 117 Å². The highest BCUT2D eigenvalue weighted by molar-refractivity contribution is 5.81. The molecule has 0 aliphatic carbocycles. The van der Waals surface area contributed by atoms with Gasteiger partial charge in [-0.2, -0.15) is 0 Å². The zero-order valence-corrected chi connectivity index (χ0v) is 10.7. The van der Waals surface area contributed by atoms with Crippen molar-refractivity contribution in [1.82, 2.24) is 19.6 Å². The minimum Gasteiger partial charge on any atom is -0.281 e. The molecule has 0 radical (unpaired) electrons. The third-order valence-corrected chi connectivity index (χ3v) is 3.25. The van der Waals surface area contributed by atoms with Gasteiger partial charge in [-0.15, -0.1) is 10.2 Å². The predicted octanol–water partition coefficient (Wildman–Crippen LogP) is 3.22. The molecule has 4 aromatic rings. The highest BCUT2D eigenvalue weighted by Gasteiger charge is 2.12. The van der Waals surface area contributed by atoms with E-state index in [2.05, 4.69) is 15.2 Å². The van der Waals surface area contributed by atoms with E-state index in [9.17, 15) is 8.78 Å². The van der Waals surface area contributed by atoms with Crippen LogP contribution in [0.15, 0.2) is 48.7 Å². The van der Waals surface area contributed by atoms with Crippen LogP contribution in [-0.2, 0) is 0 Å². The fourth-order valence-electron chi connectivity index (χ4n) is 2.30. The predicted molar refractivity (Wildman–Crippen MR) is 73.6 cm³/mol. The van der Waals surface area contributed by atoms with E-state index < -0.39 is 11.6 Å². The van der Waals surface area contributed by atoms with Crippen LogP contribution < -0.4 is 0 Å². The highest BCUT2D eigenvalue weighted by Crippen LogP contribution is 2.23. The quantitative estimate of drug-likeness (QED) is 0.538. The minimum atomic E-state index is -0.694. The molecule has 102 valence electrons. The lowest BCUT2D eigenvalue weighted by atomic mass is 10.2. The SMILES string of the molecule is Fc1cc(F)c2nc(-c3nnc4ccccn34)ccc2c1. The first-order chi connectivity index (χ1) is 10.2. The van der Waals surface area contributed by atoms with Gasteiger partial charge in [-0.1, -0.05) is 12.1 Å². The molecule has 0 N–H and O–H groups in total. The summed E-state index contributed by atoms with van der Waals surface area (Å²) < 4.78 is 28.8. The average Bonchev–Trinajstić information content (AvgIpc) is 2.91. The van der Waals surface area contributed by atoms with Gasteiger partial charge in [0.05, 0.1) is 0 Å². The molecule has 0 amide bonds. The summed E-state index contributed by atoms with van der Waals surface area (Å²) in [6.07, 6.45) is 1.80. The molecule has 3 aromatic heterocycles. The minimum absolute atomic E-state index is 0.113. The van der Waals surface area contributed by atoms with Crippen LogP contribution in [0.2, 0.25) is 0 Å². The normalized spacial score (nSPS) is 11.3. The van der Waals surface area contributed by atoms with Gasteiger partial charge < -0.3 is 0 Å². The van der Waals surface area contributed by atoms with E-state index in [1.54, 1.807) is 22.7 Å². The summed E-state index contributed by atoms with van der Waals surface area (Å²) in [6, 6.07) is 10.9. The van der Waals surface area contributed by atoms with Crippen LogP contribution in [-0.4, -0.2) is 19.6 Å². The summed E-state index contributed by atoms with van der Waals surface area (Å²) >= 11 is 0. The monoisotopic (exact) mass is 282 g/mol. The zero-order chi connectivity index (χ0) is 14.4. The molecule has 0 unspecified atom stereocenters. The summed E-state index contributed by atoms with van der Waals surface area (Å²) in [5.74, 6) is -0.806. The van der Waals surface area contributed by atoms with Crippen molar-refractivity contribution in [3.8, 4) is 11.5 Å². The number of hydrogen-bond acceptors (Lipinski definition) is 3. The molecule has 21 heavy (non-hydrogen) atoms. The van der Waals surface area contributed by atoms with E-state index in [4.69, 9.17) is 0 Å². The van der Waals surface area contributed by atoms with Crippen LogP contribution in [0.3, 0.4) is 0 Å². The van der Waals surface area contributed by atoms with E-state index in [0.717, 1.165) is 6.07 Å². The van der Waals surface area contributed by atoms with Crippen LogP contribution in [0.25, 0.3) is 28.1 Å². The number of aromatic nitrogens is 4. The number of fused-ring (bicyclic) bond motifs is 2. The topological polar surface area (TPSA) is 43.1 Å². The Balaban J connectivity index is 1.99. The Hall–Kier alpha value is -2.89. The molecule has 1 aromatic carbocycles. The molecule has 4 rings (SSSR count). The van der Waals surface area contributed by atoms with Crippen LogP contribution in [0.4, 0.5) is 8.78 Å². The molecule has 0 saturated carbocycles. The lowest BCUT2D eigenvalue weighted by Gasteiger charge is -2.03. The second kappa shape index (κ2) is 4.31. The van der Waals surface area contributed by atoms with E-state index in [1.807, 2.05) is 18.2 Å². The average molecular weight is 282 g/mol. The third kappa shape index (κ3) is 1.84. The molecule has 0 atom stereocenters. The molecule has 6 heteroatoms. The van der Waals surface area contributed by atoms with Crippen LogP contribution in [0, 0.1) is 11.6 Å². The van der Waals surface area contributed by atoms with Gasteiger partial charge in [0.25, 0.3) is 0 Å². The first kappa shape index (κ1) is 11.9. The molecule has 0 aliphatic rings. The lowest BCUT2D eigenvalue weighted by molar-refractivity contribution is 0.590. The van der Waals surface area contributed by atoms with Crippen molar-refractivity contribution in [2.75, 3.05) is 0 Å². The molecular formula is C15H8F2N4. The van der Waals surface area contributed by atoms with Gasteiger partial charge in [0, 0.05) is 17.6 Å². The van der Waals surface area contributed by atoms with Crippen LogP contribution in [0.5, 0.6) is 0 Å². The zero-order valence-electron chi connectivity index (χ0n) is 10.7. The second-order valence-corrected chi connectivity index (χ2v) is 4.61. The molecule has 3 heterocycles. The van der Waals surface area contributed by atoms with Crippen molar-refractivity contribution in [2.45, 2.75) is 0 Å². The molecule has 4 nitrogen and oxygen atoms in total. The van der Waals surface area contributed by atoms with Gasteiger partial charge in [0.15, 0.2) is 17.3 Å². The third-order valence-electron chi connectivity index (χ3n) is 3.25. The van der Waals surface area contributed by atoms with Crippen molar-refractivity contribution in [3.63, 3.8) is 0 Å². The van der Waals surface area contributed by atoms with Gasteiger partial charge in [0.1, 0.15) is 17.0 Å². The Bertz CT molecular complexity index is 978. The maximum Gasteiger partial charge on any atom is 0.187 e. The number of nitrogens with zero attached hydrogens (tertiary/aromatic N) is 4. The largest absolute Gasteiger partial charge is 0.281 e. The summed E-state index contributed by atoms with van der Waals surface area (Å²) in [4.78, 5) is 4.24. The number of hydrogen-bond donors (Lipinski definition) is 0. The number of rotatable bonds is 1. The van der Waals surface area contributed by atoms with Crippen molar-refractivity contribution < 1.29 is 8.78 Å². The van der Waals surface area contributed by atoms with E-state index in [-0.39, 0.29) is 5.52 Å². The fraction of sp³-hybridized carbons (Fsp3) is 0. The summed E-state index contributed by atoms with van der Waals surface area (Å²) in [7, 11) is 0. The van der Waals surface area contributed by atoms with Crippen molar-refractivity contribution in [1.29, 1.82) is 0 Å². The fourth-order valence-corrected chi connectivity index (χ4v) is 2.30. The first-order valence-electron chi connectivity index (χ1n) is 6.28. The Morgan fingerprint density at radius 1 is 0.952 bits per heavy atom. The second-order valence-electron chi connectivity index (χ2n) is 4.61. The van der Waals surface area contributed by atoms with Crippen molar-refractivity contribution in [3.05, 3.63) is 60.3 Å². The van der Waals surface area contributed by atoms with Crippen LogP contribution >= 0.6 is 0 Å². The van der Waals surface area contributed by atoms with Gasteiger partial charge in [-0.3, -0.25) is 4.40 Å². The van der Waals surface area contributed by atoms with Crippen molar-refractivity contribution in [2.24, 2.45) is 0 Å². The summed E-state index contributed by atoms with van der Waals surface area (Å²) in [5.41, 5.74) is 1.27. The number of benzene rings is 1. The maximum atomic E-state index is 13.8. The number of halogens is 2. The van der Waals surface area contributed by atoms with Gasteiger partial charge in [-0.05, 0) is 24.3 Å². The van der Waals surface area contributed by atoms with E-state index in [0.29, 0.717) is 22.6 Å². The van der Waals surface area contributed by atoms with Crippen LogP contribution in [0.1, 0.15) is 0 Å². The molecule has 0 bridgehead atoms. The molecular weight excluding hydrogens is 274 g/mol. The Kier molecular flexibility index (Phi) is 2.44. The Morgan fingerprint density at radius 3 is 2.76 bits per heavy atom. The lowest BCUT2D eigenvalue weighted by Crippen LogP contribution is -1.94. The number of pyridine rings is 2. The van der Waals surface area contributed by atoms with Gasteiger partial charge >= 0.3 is 0 Å². The highest BCUT2D eigenvalue weighted by atomic mass is 19.1.